The Labute approximate surface area is 153 Å². The van der Waals surface area contributed by atoms with E-state index in [1.54, 1.807) is 0 Å². The molecule has 0 aliphatic carbocycles. The van der Waals surface area contributed by atoms with E-state index in [4.69, 9.17) is 0 Å². The normalized spacial score (nSPS) is 17.1. The maximum Gasteiger partial charge on any atom is 0.252 e. The lowest BCUT2D eigenvalue weighted by atomic mass is 9.76. The van der Waals surface area contributed by atoms with Gasteiger partial charge in [0.25, 0.3) is 5.91 Å². The maximum absolute atomic E-state index is 12.3. The highest BCUT2D eigenvalue weighted by Crippen LogP contribution is 2.37. The number of nitrogens with one attached hydrogen (secondary N) is 3. The molecule has 1 unspecified atom stereocenters. The first-order valence-corrected chi connectivity index (χ1v) is 8.78. The number of benzene rings is 3. The Balaban J connectivity index is 1.95. The Kier molecular flexibility index (Phi) is 4.52. The van der Waals surface area contributed by atoms with Gasteiger partial charge in [-0.2, -0.15) is 0 Å². The van der Waals surface area contributed by atoms with E-state index < -0.39 is 5.54 Å². The Morgan fingerprint density at radius 1 is 0.731 bits per heavy atom. The molecule has 0 bridgehead atoms. The molecule has 1 aliphatic rings. The first-order chi connectivity index (χ1) is 12.8. The van der Waals surface area contributed by atoms with Gasteiger partial charge in [0, 0.05) is 6.54 Å². The largest absolute Gasteiger partial charge is 0.290 e. The molecule has 0 aromatic heterocycles. The van der Waals surface area contributed by atoms with Gasteiger partial charge in [-0.1, -0.05) is 91.0 Å². The lowest BCUT2D eigenvalue weighted by Crippen LogP contribution is -2.53. The van der Waals surface area contributed by atoms with Crippen molar-refractivity contribution in [2.45, 2.75) is 11.6 Å². The van der Waals surface area contributed by atoms with Gasteiger partial charge in [0.2, 0.25) is 0 Å². The molecule has 3 aromatic rings. The van der Waals surface area contributed by atoms with E-state index >= 15 is 0 Å². The molecule has 1 atom stereocenters. The number of carbonyl (C=O) groups excluding carboxylic acids is 1. The van der Waals surface area contributed by atoms with Gasteiger partial charge < -0.3 is 0 Å². The Morgan fingerprint density at radius 3 is 1.50 bits per heavy atom. The molecule has 130 valence electrons. The average molecular weight is 343 g/mol. The average Bonchev–Trinajstić information content (AvgIpc) is 3.12. The van der Waals surface area contributed by atoms with E-state index in [2.05, 4.69) is 52.6 Å². The van der Waals surface area contributed by atoms with Crippen LogP contribution in [0.15, 0.2) is 91.0 Å². The summed E-state index contributed by atoms with van der Waals surface area (Å²) in [7, 11) is 0. The van der Waals surface area contributed by atoms with Crippen LogP contribution in [0.25, 0.3) is 0 Å². The summed E-state index contributed by atoms with van der Waals surface area (Å²) >= 11 is 0. The van der Waals surface area contributed by atoms with E-state index in [1.807, 2.05) is 54.6 Å². The van der Waals surface area contributed by atoms with E-state index in [0.29, 0.717) is 6.54 Å². The van der Waals surface area contributed by atoms with E-state index in [1.165, 1.54) is 0 Å². The molecular weight excluding hydrogens is 322 g/mol. The van der Waals surface area contributed by atoms with Crippen molar-refractivity contribution in [2.75, 3.05) is 6.54 Å². The molecular formula is C22H21N3O. The second kappa shape index (κ2) is 7.12. The number of carbonyl (C=O) groups is 1. The first kappa shape index (κ1) is 16.5. The molecule has 1 aliphatic heterocycles. The molecule has 0 saturated carbocycles. The van der Waals surface area contributed by atoms with Gasteiger partial charge in [-0.05, 0) is 16.7 Å². The molecule has 3 aromatic carbocycles. The second-order valence-electron chi connectivity index (χ2n) is 6.42. The number of hydrogen-bond acceptors (Lipinski definition) is 3. The van der Waals surface area contributed by atoms with Crippen molar-refractivity contribution in [1.82, 2.24) is 16.2 Å². The van der Waals surface area contributed by atoms with Crippen LogP contribution in [-0.2, 0) is 10.3 Å². The third-order valence-electron chi connectivity index (χ3n) is 4.85. The van der Waals surface area contributed by atoms with Gasteiger partial charge in [0.15, 0.2) is 0 Å². The highest BCUT2D eigenvalue weighted by Gasteiger charge is 2.40. The SMILES string of the molecule is O=C1NNCC1NC(c1ccccc1)(c1ccccc1)c1ccccc1. The zero-order valence-corrected chi connectivity index (χ0v) is 14.4. The highest BCUT2D eigenvalue weighted by molar-refractivity contribution is 5.83. The standard InChI is InChI=1S/C22H21N3O/c26-21-20(16-23-25-21)24-22(17-10-4-1-5-11-17,18-12-6-2-7-13-18)19-14-8-3-9-15-19/h1-15,20,23-24H,16H2,(H,25,26). The van der Waals surface area contributed by atoms with E-state index in [-0.39, 0.29) is 11.9 Å². The highest BCUT2D eigenvalue weighted by atomic mass is 16.2. The van der Waals surface area contributed by atoms with Gasteiger partial charge in [-0.25, -0.2) is 5.43 Å². The molecule has 0 spiro atoms. The van der Waals surface area contributed by atoms with Crippen LogP contribution in [-0.4, -0.2) is 18.5 Å². The van der Waals surface area contributed by atoms with Gasteiger partial charge >= 0.3 is 0 Å². The zero-order chi connectivity index (χ0) is 17.8. The lowest BCUT2D eigenvalue weighted by molar-refractivity contribution is -0.121. The summed E-state index contributed by atoms with van der Waals surface area (Å²) < 4.78 is 0. The minimum absolute atomic E-state index is 0.0443. The molecule has 3 N–H and O–H groups in total. The van der Waals surface area contributed by atoms with Crippen molar-refractivity contribution >= 4 is 5.91 Å². The van der Waals surface area contributed by atoms with Crippen LogP contribution >= 0.6 is 0 Å². The summed E-state index contributed by atoms with van der Waals surface area (Å²) in [5.41, 5.74) is 8.29. The van der Waals surface area contributed by atoms with Gasteiger partial charge in [-0.3, -0.25) is 15.5 Å². The number of hydrogen-bond donors (Lipinski definition) is 3. The van der Waals surface area contributed by atoms with Crippen molar-refractivity contribution in [3.8, 4) is 0 Å². The Bertz CT molecular complexity index is 769. The Morgan fingerprint density at radius 2 is 1.15 bits per heavy atom. The predicted octanol–water partition coefficient (Wildman–Crippen LogP) is 2.57. The predicted molar refractivity (Wildman–Crippen MR) is 102 cm³/mol. The smallest absolute Gasteiger partial charge is 0.252 e. The molecule has 1 heterocycles. The monoisotopic (exact) mass is 343 g/mol. The van der Waals surface area contributed by atoms with Gasteiger partial charge in [0.05, 0.1) is 5.54 Å². The van der Waals surface area contributed by atoms with Crippen LogP contribution in [0, 0.1) is 0 Å². The Hall–Kier alpha value is -2.95. The summed E-state index contributed by atoms with van der Waals surface area (Å²) in [5, 5.41) is 3.65. The van der Waals surface area contributed by atoms with Crippen molar-refractivity contribution < 1.29 is 4.79 Å². The third-order valence-corrected chi connectivity index (χ3v) is 4.85. The topological polar surface area (TPSA) is 53.2 Å². The molecule has 1 fully saturated rings. The van der Waals surface area contributed by atoms with Crippen LogP contribution < -0.4 is 16.2 Å². The number of rotatable bonds is 5. The fourth-order valence-electron chi connectivity index (χ4n) is 3.61. The summed E-state index contributed by atoms with van der Waals surface area (Å²) in [6, 6.07) is 30.5. The van der Waals surface area contributed by atoms with Gasteiger partial charge in [-0.15, -0.1) is 0 Å². The number of hydrazine groups is 1. The number of amides is 1. The second-order valence-corrected chi connectivity index (χ2v) is 6.42. The van der Waals surface area contributed by atoms with Gasteiger partial charge in [0.1, 0.15) is 6.04 Å². The van der Waals surface area contributed by atoms with Crippen LogP contribution in [0.3, 0.4) is 0 Å². The lowest BCUT2D eigenvalue weighted by Gasteiger charge is -2.38. The quantitative estimate of drug-likeness (QED) is 0.624. The molecule has 1 amide bonds. The molecule has 26 heavy (non-hydrogen) atoms. The van der Waals surface area contributed by atoms with Crippen LogP contribution in [0.1, 0.15) is 16.7 Å². The van der Waals surface area contributed by atoms with Crippen LogP contribution in [0.4, 0.5) is 0 Å². The van der Waals surface area contributed by atoms with Crippen molar-refractivity contribution in [1.29, 1.82) is 0 Å². The fraction of sp³-hybridized carbons (Fsp3) is 0.136. The van der Waals surface area contributed by atoms with Crippen molar-refractivity contribution in [3.05, 3.63) is 108 Å². The summed E-state index contributed by atoms with van der Waals surface area (Å²) in [4.78, 5) is 12.3. The first-order valence-electron chi connectivity index (χ1n) is 8.78. The zero-order valence-electron chi connectivity index (χ0n) is 14.4. The minimum Gasteiger partial charge on any atom is -0.290 e. The molecule has 4 nitrogen and oxygen atoms in total. The van der Waals surface area contributed by atoms with E-state index in [9.17, 15) is 4.79 Å². The van der Waals surface area contributed by atoms with E-state index in [0.717, 1.165) is 16.7 Å². The molecule has 4 rings (SSSR count). The van der Waals surface area contributed by atoms with Crippen molar-refractivity contribution in [3.63, 3.8) is 0 Å². The molecule has 4 heteroatoms. The molecule has 1 saturated heterocycles. The van der Waals surface area contributed by atoms with Crippen LogP contribution in [0.5, 0.6) is 0 Å². The minimum atomic E-state index is -0.627. The fourth-order valence-corrected chi connectivity index (χ4v) is 3.61. The summed E-state index contributed by atoms with van der Waals surface area (Å²) in [5.74, 6) is -0.0443. The third kappa shape index (κ3) is 2.90. The van der Waals surface area contributed by atoms with Crippen LogP contribution in [0.2, 0.25) is 0 Å². The maximum atomic E-state index is 12.3. The van der Waals surface area contributed by atoms with Crippen molar-refractivity contribution in [2.24, 2.45) is 0 Å². The molecule has 0 radical (unpaired) electrons. The summed E-state index contributed by atoms with van der Waals surface area (Å²) in [6.45, 7) is 0.535. The summed E-state index contributed by atoms with van der Waals surface area (Å²) in [6.07, 6.45) is 0.